The monoisotopic (exact) mass is 494 g/mol. The van der Waals surface area contributed by atoms with Crippen LogP contribution in [0.4, 0.5) is 0 Å². The van der Waals surface area contributed by atoms with Gasteiger partial charge in [0.15, 0.2) is 0 Å². The Hall–Kier alpha value is -4.01. The second-order valence-electron chi connectivity index (χ2n) is 9.11. The van der Waals surface area contributed by atoms with Gasteiger partial charge in [0.05, 0.1) is 29.3 Å². The van der Waals surface area contributed by atoms with E-state index in [9.17, 15) is 0 Å². The molecule has 1 aromatic carbocycles. The second kappa shape index (κ2) is 9.22. The van der Waals surface area contributed by atoms with Crippen LogP contribution in [0.1, 0.15) is 4.88 Å². The van der Waals surface area contributed by atoms with E-state index in [0.717, 1.165) is 51.4 Å². The number of benzene rings is 1. The van der Waals surface area contributed by atoms with Crippen LogP contribution in [-0.4, -0.2) is 57.3 Å². The molecule has 0 bridgehead atoms. The Labute approximate surface area is 212 Å². The molecule has 8 heteroatoms. The highest BCUT2D eigenvalue weighted by Crippen LogP contribution is 2.37. The number of hydrogen-bond acceptors (Lipinski definition) is 6. The number of fused-ring (bicyclic) bond motifs is 2. The van der Waals surface area contributed by atoms with Gasteiger partial charge in [-0.3, -0.25) is 15.1 Å². The van der Waals surface area contributed by atoms with Crippen molar-refractivity contribution in [2.24, 2.45) is 0 Å². The minimum absolute atomic E-state index is 0.601. The van der Waals surface area contributed by atoms with Crippen LogP contribution in [-0.2, 0) is 0 Å². The lowest BCUT2D eigenvalue weighted by molar-refractivity contribution is 0.261. The first-order valence-electron chi connectivity index (χ1n) is 11.8. The number of aryl methyl sites for hydroxylation is 1. The molecule has 0 fully saturated rings. The quantitative estimate of drug-likeness (QED) is 0.278. The number of aromatic nitrogens is 5. The van der Waals surface area contributed by atoms with E-state index in [4.69, 9.17) is 4.74 Å². The summed E-state index contributed by atoms with van der Waals surface area (Å²) in [6.45, 7) is 3.58. The van der Waals surface area contributed by atoms with Gasteiger partial charge in [0.1, 0.15) is 18.1 Å². The summed E-state index contributed by atoms with van der Waals surface area (Å²) in [4.78, 5) is 17.2. The Morgan fingerprint density at radius 3 is 2.72 bits per heavy atom. The Kier molecular flexibility index (Phi) is 5.75. The number of rotatable bonds is 7. The Morgan fingerprint density at radius 2 is 1.89 bits per heavy atom. The molecular weight excluding hydrogens is 468 g/mol. The molecule has 7 nitrogen and oxygen atoms in total. The highest BCUT2D eigenvalue weighted by molar-refractivity contribution is 7.15. The van der Waals surface area contributed by atoms with E-state index >= 15 is 0 Å². The van der Waals surface area contributed by atoms with E-state index in [-0.39, 0.29) is 0 Å². The number of H-pyrrole nitrogens is 2. The largest absolute Gasteiger partial charge is 0.491 e. The molecular formula is C28H26N6OS. The molecule has 2 N–H and O–H groups in total. The van der Waals surface area contributed by atoms with E-state index in [0.29, 0.717) is 6.61 Å². The highest BCUT2D eigenvalue weighted by Gasteiger charge is 2.15. The summed E-state index contributed by atoms with van der Waals surface area (Å²) in [6.07, 6.45) is 5.37. The normalized spacial score (nSPS) is 11.7. The summed E-state index contributed by atoms with van der Waals surface area (Å²) in [5.41, 5.74) is 6.75. The molecule has 0 spiro atoms. The fraction of sp³-hybridized carbons (Fsp3) is 0.179. The summed E-state index contributed by atoms with van der Waals surface area (Å²) in [7, 11) is 4.05. The molecule has 0 aliphatic heterocycles. The molecule has 180 valence electrons. The van der Waals surface area contributed by atoms with Crippen molar-refractivity contribution in [2.75, 3.05) is 27.2 Å². The average molecular weight is 495 g/mol. The highest BCUT2D eigenvalue weighted by atomic mass is 32.1. The van der Waals surface area contributed by atoms with E-state index in [1.165, 1.54) is 20.7 Å². The van der Waals surface area contributed by atoms with Gasteiger partial charge in [-0.1, -0.05) is 12.1 Å². The molecule has 0 amide bonds. The fourth-order valence-electron chi connectivity index (χ4n) is 4.34. The van der Waals surface area contributed by atoms with Gasteiger partial charge < -0.3 is 14.6 Å². The molecule has 0 aliphatic rings. The number of ether oxygens (including phenoxy) is 1. The van der Waals surface area contributed by atoms with Crippen molar-refractivity contribution in [3.63, 3.8) is 0 Å². The van der Waals surface area contributed by atoms with E-state index < -0.39 is 0 Å². The molecule has 0 radical (unpaired) electrons. The maximum atomic E-state index is 5.87. The number of thiophene rings is 1. The first kappa shape index (κ1) is 22.5. The molecule has 36 heavy (non-hydrogen) atoms. The summed E-state index contributed by atoms with van der Waals surface area (Å²) in [6, 6.07) is 17.0. The van der Waals surface area contributed by atoms with E-state index in [2.05, 4.69) is 79.4 Å². The van der Waals surface area contributed by atoms with Gasteiger partial charge in [-0.25, -0.2) is 0 Å². The van der Waals surface area contributed by atoms with Crippen molar-refractivity contribution in [2.45, 2.75) is 6.92 Å². The zero-order valence-electron chi connectivity index (χ0n) is 20.4. The van der Waals surface area contributed by atoms with Crippen molar-refractivity contribution >= 4 is 33.1 Å². The summed E-state index contributed by atoms with van der Waals surface area (Å²) < 4.78 is 5.87. The molecule has 0 saturated carbocycles. The lowest BCUT2D eigenvalue weighted by Crippen LogP contribution is -2.19. The van der Waals surface area contributed by atoms with Crippen LogP contribution in [0.5, 0.6) is 5.75 Å². The lowest BCUT2D eigenvalue weighted by atomic mass is 10.1. The summed E-state index contributed by atoms with van der Waals surface area (Å²) >= 11 is 1.81. The minimum Gasteiger partial charge on any atom is -0.491 e. The van der Waals surface area contributed by atoms with Crippen molar-refractivity contribution in [3.05, 3.63) is 72.0 Å². The van der Waals surface area contributed by atoms with Gasteiger partial charge in [-0.05, 0) is 57.4 Å². The standard InChI is InChI=1S/C28H26N6OS/c1-17-7-8-27(36-17)20-5-4-6-23-21(20)12-25(31-23)28-22-13-24(30-16-26(22)32-33-28)18-11-19(15-29-14-18)35-10-9-34(2)3/h4-8,11-16,31H,9-10H2,1-3H3,(H,32,33). The molecule has 6 rings (SSSR count). The topological polar surface area (TPSA) is 82.7 Å². The van der Waals surface area contributed by atoms with Gasteiger partial charge in [0.2, 0.25) is 0 Å². The number of nitrogens with one attached hydrogen (secondary N) is 2. The number of nitrogens with zero attached hydrogens (tertiary/aromatic N) is 4. The maximum absolute atomic E-state index is 5.87. The first-order valence-corrected chi connectivity index (χ1v) is 12.6. The van der Waals surface area contributed by atoms with Crippen molar-refractivity contribution < 1.29 is 4.74 Å². The first-order chi connectivity index (χ1) is 17.5. The Morgan fingerprint density at radius 1 is 0.972 bits per heavy atom. The predicted octanol–water partition coefficient (Wildman–Crippen LogP) is 6.15. The van der Waals surface area contributed by atoms with Crippen LogP contribution in [0.2, 0.25) is 0 Å². The smallest absolute Gasteiger partial charge is 0.138 e. The molecule has 5 heterocycles. The van der Waals surface area contributed by atoms with Crippen LogP contribution in [0.15, 0.2) is 67.1 Å². The average Bonchev–Trinajstić information content (AvgIpc) is 3.61. The van der Waals surface area contributed by atoms with Gasteiger partial charge in [0.25, 0.3) is 0 Å². The Bertz CT molecular complexity index is 1680. The molecule has 0 unspecified atom stereocenters. The molecule has 0 atom stereocenters. The fourth-order valence-corrected chi connectivity index (χ4v) is 5.25. The van der Waals surface area contributed by atoms with E-state index in [1.807, 2.05) is 43.9 Å². The van der Waals surface area contributed by atoms with Crippen LogP contribution in [0.25, 0.3) is 54.9 Å². The molecule has 0 saturated heterocycles. The third kappa shape index (κ3) is 4.25. The van der Waals surface area contributed by atoms with Gasteiger partial charge in [-0.15, -0.1) is 11.3 Å². The van der Waals surface area contributed by atoms with Crippen molar-refractivity contribution in [3.8, 4) is 38.8 Å². The van der Waals surface area contributed by atoms with Crippen LogP contribution >= 0.6 is 11.3 Å². The van der Waals surface area contributed by atoms with Gasteiger partial charge in [0, 0.05) is 49.9 Å². The number of likely N-dealkylation sites (N-methyl/N-ethyl adjacent to an activating group) is 1. The predicted molar refractivity (Wildman–Crippen MR) is 147 cm³/mol. The lowest BCUT2D eigenvalue weighted by Gasteiger charge is -2.11. The van der Waals surface area contributed by atoms with Crippen LogP contribution in [0, 0.1) is 6.92 Å². The number of hydrogen-bond donors (Lipinski definition) is 2. The van der Waals surface area contributed by atoms with Crippen LogP contribution < -0.4 is 4.74 Å². The number of aromatic amines is 2. The third-order valence-electron chi connectivity index (χ3n) is 6.19. The SMILES string of the molecule is Cc1ccc(-c2cccc3[nH]c(-c4n[nH]c5cnc(-c6cncc(OCCN(C)C)c6)cc45)cc23)s1. The minimum atomic E-state index is 0.601. The molecule has 6 aromatic rings. The zero-order chi connectivity index (χ0) is 24.6. The van der Waals surface area contributed by atoms with Crippen LogP contribution in [0.3, 0.4) is 0 Å². The maximum Gasteiger partial charge on any atom is 0.138 e. The Balaban J connectivity index is 1.37. The second-order valence-corrected chi connectivity index (χ2v) is 10.4. The van der Waals surface area contributed by atoms with Crippen molar-refractivity contribution in [1.82, 2.24) is 30.0 Å². The van der Waals surface area contributed by atoms with Gasteiger partial charge >= 0.3 is 0 Å². The molecule has 0 aliphatic carbocycles. The van der Waals surface area contributed by atoms with E-state index in [1.54, 1.807) is 6.20 Å². The molecule has 5 aromatic heterocycles. The zero-order valence-corrected chi connectivity index (χ0v) is 21.2. The summed E-state index contributed by atoms with van der Waals surface area (Å²) in [5.74, 6) is 0.732. The van der Waals surface area contributed by atoms with Crippen molar-refractivity contribution in [1.29, 1.82) is 0 Å². The number of pyridine rings is 2. The third-order valence-corrected chi connectivity index (χ3v) is 7.22. The summed E-state index contributed by atoms with van der Waals surface area (Å²) in [5, 5.41) is 9.96. The van der Waals surface area contributed by atoms with Gasteiger partial charge in [-0.2, -0.15) is 5.10 Å².